The number of aromatic nitrogens is 4. The average molecular weight is 431 g/mol. The molecule has 0 saturated carbocycles. The van der Waals surface area contributed by atoms with E-state index in [2.05, 4.69) is 53.7 Å². The molecule has 2 aromatic rings. The van der Waals surface area contributed by atoms with E-state index in [1.165, 1.54) is 0 Å². The van der Waals surface area contributed by atoms with Gasteiger partial charge in [-0.2, -0.15) is 19.6 Å². The van der Waals surface area contributed by atoms with Gasteiger partial charge in [0.05, 0.1) is 6.20 Å². The Morgan fingerprint density at radius 3 is 2.61 bits per heavy atom. The van der Waals surface area contributed by atoms with Crippen molar-refractivity contribution in [1.82, 2.24) is 29.8 Å². The van der Waals surface area contributed by atoms with Crippen LogP contribution in [0, 0.1) is 0 Å². The lowest BCUT2D eigenvalue weighted by atomic mass is 10.1. The van der Waals surface area contributed by atoms with Crippen molar-refractivity contribution in [3.05, 3.63) is 11.8 Å². The van der Waals surface area contributed by atoms with Gasteiger partial charge in [-0.25, -0.2) is 4.79 Å². The molecule has 2 saturated heterocycles. The highest BCUT2D eigenvalue weighted by atomic mass is 16.6. The summed E-state index contributed by atoms with van der Waals surface area (Å²) in [5.41, 5.74) is 1.91. The summed E-state index contributed by atoms with van der Waals surface area (Å²) < 4.78 is 7.39. The number of carbonyl (C=O) groups excluding carboxylic acids is 1. The fourth-order valence-corrected chi connectivity index (χ4v) is 4.05. The molecule has 0 aromatic carbocycles. The second-order valence-corrected chi connectivity index (χ2v) is 9.06. The quantitative estimate of drug-likeness (QED) is 0.641. The first-order chi connectivity index (χ1) is 14.9. The van der Waals surface area contributed by atoms with E-state index in [1.807, 2.05) is 11.1 Å². The molecule has 2 aliphatic heterocycles. The van der Waals surface area contributed by atoms with E-state index in [0.717, 1.165) is 43.6 Å². The smallest absolute Gasteiger partial charge is 0.410 e. The van der Waals surface area contributed by atoms with Crippen molar-refractivity contribution >= 4 is 23.6 Å². The standard InChI is InChI=1S/C21H34N8O2/c1-13(2)17-12-23-29-18(17)26-19(24-14(3)4)27-20(29)25-15-6-9-28(10-7-15)21(30)31-16-5-8-22-11-16/h12-16,22H,5-11H2,1-4H3,(H2,24,25,26,27)/t16-/m0/s1. The number of amides is 1. The molecule has 1 atom stereocenters. The van der Waals surface area contributed by atoms with Crippen LogP contribution in [0.5, 0.6) is 0 Å². The summed E-state index contributed by atoms with van der Waals surface area (Å²) in [6, 6.07) is 0.430. The van der Waals surface area contributed by atoms with Crippen LogP contribution < -0.4 is 16.0 Å². The van der Waals surface area contributed by atoms with Crippen molar-refractivity contribution < 1.29 is 9.53 Å². The maximum atomic E-state index is 12.4. The minimum absolute atomic E-state index is 0.000465. The van der Waals surface area contributed by atoms with Gasteiger partial charge in [-0.3, -0.25) is 0 Å². The summed E-state index contributed by atoms with van der Waals surface area (Å²) >= 11 is 0. The fourth-order valence-electron chi connectivity index (χ4n) is 4.05. The largest absolute Gasteiger partial charge is 0.445 e. The van der Waals surface area contributed by atoms with Gasteiger partial charge in [0.1, 0.15) is 6.10 Å². The van der Waals surface area contributed by atoms with Crippen LogP contribution in [0.25, 0.3) is 5.65 Å². The highest BCUT2D eigenvalue weighted by Gasteiger charge is 2.28. The Labute approximate surface area is 183 Å². The van der Waals surface area contributed by atoms with Gasteiger partial charge < -0.3 is 25.6 Å². The predicted molar refractivity (Wildman–Crippen MR) is 120 cm³/mol. The van der Waals surface area contributed by atoms with Crippen LogP contribution in [0.3, 0.4) is 0 Å². The Morgan fingerprint density at radius 2 is 1.97 bits per heavy atom. The molecule has 10 heteroatoms. The van der Waals surface area contributed by atoms with Crippen molar-refractivity contribution in [1.29, 1.82) is 0 Å². The van der Waals surface area contributed by atoms with Crippen LogP contribution in [0.4, 0.5) is 16.7 Å². The third-order valence-electron chi connectivity index (χ3n) is 5.80. The second kappa shape index (κ2) is 9.25. The van der Waals surface area contributed by atoms with Crippen LogP contribution in [0.2, 0.25) is 0 Å². The lowest BCUT2D eigenvalue weighted by Gasteiger charge is -2.32. The molecule has 0 aliphatic carbocycles. The highest BCUT2D eigenvalue weighted by molar-refractivity contribution is 5.68. The Balaban J connectivity index is 1.44. The molecular weight excluding hydrogens is 396 g/mol. The first-order valence-corrected chi connectivity index (χ1v) is 11.4. The van der Waals surface area contributed by atoms with Gasteiger partial charge in [-0.1, -0.05) is 13.8 Å². The zero-order valence-electron chi connectivity index (χ0n) is 18.9. The van der Waals surface area contributed by atoms with Crippen molar-refractivity contribution in [2.75, 3.05) is 36.8 Å². The molecule has 4 heterocycles. The van der Waals surface area contributed by atoms with Crippen molar-refractivity contribution in [2.45, 2.75) is 71.1 Å². The molecule has 3 N–H and O–H groups in total. The molecule has 0 spiro atoms. The zero-order valence-corrected chi connectivity index (χ0v) is 18.9. The lowest BCUT2D eigenvalue weighted by molar-refractivity contribution is 0.0640. The monoisotopic (exact) mass is 430 g/mol. The maximum absolute atomic E-state index is 12.4. The van der Waals surface area contributed by atoms with Gasteiger partial charge in [-0.05, 0) is 45.6 Å². The van der Waals surface area contributed by atoms with E-state index >= 15 is 0 Å². The number of nitrogens with one attached hydrogen (secondary N) is 3. The summed E-state index contributed by atoms with van der Waals surface area (Å²) in [6.07, 6.45) is 4.22. The predicted octanol–water partition coefficient (Wildman–Crippen LogP) is 2.44. The first-order valence-electron chi connectivity index (χ1n) is 11.4. The molecule has 2 aliphatic rings. The highest BCUT2D eigenvalue weighted by Crippen LogP contribution is 2.24. The molecule has 31 heavy (non-hydrogen) atoms. The zero-order chi connectivity index (χ0) is 22.0. The van der Waals surface area contributed by atoms with Crippen molar-refractivity contribution in [2.24, 2.45) is 0 Å². The van der Waals surface area contributed by atoms with E-state index in [9.17, 15) is 4.79 Å². The maximum Gasteiger partial charge on any atom is 0.410 e. The van der Waals surface area contributed by atoms with Crippen LogP contribution in [-0.2, 0) is 4.74 Å². The third kappa shape index (κ3) is 5.00. The molecule has 10 nitrogen and oxygen atoms in total. The van der Waals surface area contributed by atoms with E-state index in [0.29, 0.717) is 30.9 Å². The fraction of sp³-hybridized carbons (Fsp3) is 0.714. The summed E-state index contributed by atoms with van der Waals surface area (Å²) in [6.45, 7) is 11.4. The molecule has 0 unspecified atom stereocenters. The number of carbonyl (C=O) groups is 1. The molecule has 0 radical (unpaired) electrons. The van der Waals surface area contributed by atoms with Gasteiger partial charge in [0, 0.05) is 37.3 Å². The number of anilines is 2. The second-order valence-electron chi connectivity index (χ2n) is 9.06. The molecule has 2 aromatic heterocycles. The molecule has 1 amide bonds. The summed E-state index contributed by atoms with van der Waals surface area (Å²) in [7, 11) is 0. The molecule has 2 fully saturated rings. The molecule has 4 rings (SSSR count). The number of likely N-dealkylation sites (tertiary alicyclic amines) is 1. The van der Waals surface area contributed by atoms with Crippen LogP contribution in [0.15, 0.2) is 6.20 Å². The van der Waals surface area contributed by atoms with E-state index in [1.54, 1.807) is 4.52 Å². The van der Waals surface area contributed by atoms with E-state index in [4.69, 9.17) is 9.72 Å². The number of nitrogens with zero attached hydrogens (tertiary/aromatic N) is 5. The number of hydrogen-bond acceptors (Lipinski definition) is 8. The molecule has 0 bridgehead atoms. The average Bonchev–Trinajstić information content (AvgIpc) is 3.38. The van der Waals surface area contributed by atoms with Crippen molar-refractivity contribution in [3.8, 4) is 0 Å². The van der Waals surface area contributed by atoms with E-state index in [-0.39, 0.29) is 24.3 Å². The van der Waals surface area contributed by atoms with Crippen LogP contribution in [0.1, 0.15) is 58.4 Å². The number of fused-ring (bicyclic) bond motifs is 1. The van der Waals surface area contributed by atoms with Gasteiger partial charge in [0.2, 0.25) is 11.9 Å². The van der Waals surface area contributed by atoms with Crippen LogP contribution in [-0.4, -0.2) is 74.9 Å². The topological polar surface area (TPSA) is 109 Å². The van der Waals surface area contributed by atoms with Gasteiger partial charge in [0.15, 0.2) is 5.65 Å². The minimum atomic E-state index is -0.200. The third-order valence-corrected chi connectivity index (χ3v) is 5.80. The minimum Gasteiger partial charge on any atom is -0.445 e. The molecular formula is C21H34N8O2. The van der Waals surface area contributed by atoms with Gasteiger partial charge >= 0.3 is 6.09 Å². The summed E-state index contributed by atoms with van der Waals surface area (Å²) in [4.78, 5) is 23.6. The van der Waals surface area contributed by atoms with Crippen molar-refractivity contribution in [3.63, 3.8) is 0 Å². The Hall–Kier alpha value is -2.62. The van der Waals surface area contributed by atoms with Gasteiger partial charge in [0.25, 0.3) is 0 Å². The number of hydrogen-bond donors (Lipinski definition) is 3. The van der Waals surface area contributed by atoms with E-state index < -0.39 is 0 Å². The first kappa shape index (κ1) is 21.6. The number of ether oxygens (including phenoxy) is 1. The number of piperidine rings is 1. The number of rotatable bonds is 6. The Bertz CT molecular complexity index is 898. The summed E-state index contributed by atoms with van der Waals surface area (Å²) in [5.74, 6) is 1.59. The molecule has 170 valence electrons. The SMILES string of the molecule is CC(C)Nc1nc(NC2CCN(C(=O)O[C@H]3CCNC3)CC2)n2ncc(C(C)C)c2n1. The van der Waals surface area contributed by atoms with Crippen LogP contribution >= 0.6 is 0 Å². The Kier molecular flexibility index (Phi) is 6.45. The van der Waals surface area contributed by atoms with Gasteiger partial charge in [-0.15, -0.1) is 0 Å². The lowest BCUT2D eigenvalue weighted by Crippen LogP contribution is -2.44. The normalized spacial score (nSPS) is 20.1. The Morgan fingerprint density at radius 1 is 1.19 bits per heavy atom. The summed E-state index contributed by atoms with van der Waals surface area (Å²) in [5, 5.41) is 14.6.